The van der Waals surface area contributed by atoms with Gasteiger partial charge in [-0.25, -0.2) is 15.0 Å². The normalized spacial score (nSPS) is 14.9. The van der Waals surface area contributed by atoms with Crippen LogP contribution in [0.3, 0.4) is 0 Å². The first-order chi connectivity index (χ1) is 24.3. The molecule has 3 aromatic heterocycles. The highest BCUT2D eigenvalue weighted by Gasteiger charge is 2.18. The van der Waals surface area contributed by atoms with Crippen molar-refractivity contribution in [2.24, 2.45) is 0 Å². The summed E-state index contributed by atoms with van der Waals surface area (Å²) in [5.41, 5.74) is 4.51. The number of para-hydroxylation sites is 1. The molecule has 5 nitrogen and oxygen atoms in total. The summed E-state index contributed by atoms with van der Waals surface area (Å²) in [6.07, 6.45) is 12.1. The molecule has 5 heteroatoms. The van der Waals surface area contributed by atoms with Crippen LogP contribution >= 0.6 is 0 Å². The minimum Gasteiger partial charge on any atom is -0.456 e. The lowest BCUT2D eigenvalue weighted by molar-refractivity contribution is 0.575. The third-order valence-electron chi connectivity index (χ3n) is 9.63. The molecule has 0 saturated heterocycles. The SMILES string of the molecule is C1=c2/c(oc3ccccc23)=C\C(c2nc(-c3ccc4ccccc4c3)nc(-c3cc4c5ccncc5ccc4c4ccccc34)n2)=C/CC1. The van der Waals surface area contributed by atoms with Gasteiger partial charge in [-0.05, 0) is 80.9 Å². The Morgan fingerprint density at radius 1 is 0.510 bits per heavy atom. The third-order valence-corrected chi connectivity index (χ3v) is 9.63. The summed E-state index contributed by atoms with van der Waals surface area (Å²) in [6, 6.07) is 40.2. The van der Waals surface area contributed by atoms with Crippen LogP contribution in [0.25, 0.3) is 94.6 Å². The maximum Gasteiger partial charge on any atom is 0.164 e. The number of fused-ring (bicyclic) bond motifs is 9. The van der Waals surface area contributed by atoms with Crippen molar-refractivity contribution in [2.75, 3.05) is 0 Å². The number of hydrogen-bond donors (Lipinski definition) is 0. The van der Waals surface area contributed by atoms with Gasteiger partial charge in [0, 0.05) is 45.1 Å². The number of rotatable bonds is 3. The van der Waals surface area contributed by atoms with Gasteiger partial charge in [0.1, 0.15) is 11.0 Å². The highest BCUT2D eigenvalue weighted by molar-refractivity contribution is 6.20. The van der Waals surface area contributed by atoms with Crippen LogP contribution in [0.1, 0.15) is 18.7 Å². The van der Waals surface area contributed by atoms with E-state index in [1.54, 1.807) is 0 Å². The first-order valence-corrected chi connectivity index (χ1v) is 16.6. The first kappa shape index (κ1) is 27.6. The molecule has 0 radical (unpaired) electrons. The highest BCUT2D eigenvalue weighted by Crippen LogP contribution is 2.37. The second kappa shape index (κ2) is 11.1. The molecule has 0 unspecified atom stereocenters. The molecule has 1 aliphatic carbocycles. The zero-order valence-electron chi connectivity index (χ0n) is 26.5. The van der Waals surface area contributed by atoms with E-state index in [2.05, 4.69) is 126 Å². The standard InChI is InChI=1S/C44H28N4O/c1-2-10-28-23-30(18-17-27(28)9-1)43-46-42(29-11-3-4-15-37-36-14-7-8-16-40(36)49-41(37)24-29)47-44(48-43)39-25-38-32-21-22-45-26-31(32)19-20-35(38)33-12-5-6-13-34(33)39/h1-2,5-26H,3-4H2/b29-11+,37-15?,41-24+. The van der Waals surface area contributed by atoms with E-state index in [-0.39, 0.29) is 0 Å². The molecule has 0 bridgehead atoms. The van der Waals surface area contributed by atoms with Crippen LogP contribution in [-0.4, -0.2) is 19.9 Å². The van der Waals surface area contributed by atoms with Gasteiger partial charge in [0.15, 0.2) is 17.5 Å². The predicted octanol–water partition coefficient (Wildman–Crippen LogP) is 9.40. The molecule has 0 saturated carbocycles. The van der Waals surface area contributed by atoms with E-state index in [4.69, 9.17) is 19.4 Å². The van der Waals surface area contributed by atoms with Gasteiger partial charge in [0.2, 0.25) is 0 Å². The average Bonchev–Trinajstić information content (AvgIpc) is 3.49. The van der Waals surface area contributed by atoms with Crippen molar-refractivity contribution < 1.29 is 4.42 Å². The van der Waals surface area contributed by atoms with Crippen molar-refractivity contribution in [3.63, 3.8) is 0 Å². The van der Waals surface area contributed by atoms with Crippen LogP contribution < -0.4 is 10.6 Å². The predicted molar refractivity (Wildman–Crippen MR) is 200 cm³/mol. The van der Waals surface area contributed by atoms with Crippen LogP contribution in [0.4, 0.5) is 0 Å². The Morgan fingerprint density at radius 2 is 1.24 bits per heavy atom. The molecule has 6 aromatic carbocycles. The van der Waals surface area contributed by atoms with Crippen LogP contribution in [-0.2, 0) is 0 Å². The molecule has 0 N–H and O–H groups in total. The highest BCUT2D eigenvalue weighted by atomic mass is 16.3. The van der Waals surface area contributed by atoms with E-state index >= 15 is 0 Å². The van der Waals surface area contributed by atoms with E-state index in [9.17, 15) is 0 Å². The molecule has 49 heavy (non-hydrogen) atoms. The lowest BCUT2D eigenvalue weighted by Gasteiger charge is -2.14. The summed E-state index contributed by atoms with van der Waals surface area (Å²) in [7, 11) is 0. The third kappa shape index (κ3) is 4.62. The monoisotopic (exact) mass is 628 g/mol. The van der Waals surface area contributed by atoms with Gasteiger partial charge in [0.05, 0.1) is 0 Å². The molecular formula is C44H28N4O. The number of hydrogen-bond acceptors (Lipinski definition) is 5. The summed E-state index contributed by atoms with van der Waals surface area (Å²) in [4.78, 5) is 20.0. The summed E-state index contributed by atoms with van der Waals surface area (Å²) in [5.74, 6) is 1.88. The number of nitrogens with zero attached hydrogens (tertiary/aromatic N) is 4. The number of benzene rings is 6. The van der Waals surface area contributed by atoms with Gasteiger partial charge in [0.25, 0.3) is 0 Å². The summed E-state index contributed by atoms with van der Waals surface area (Å²) < 4.78 is 6.40. The minimum absolute atomic E-state index is 0.618. The van der Waals surface area contributed by atoms with Crippen LogP contribution in [0.5, 0.6) is 0 Å². The van der Waals surface area contributed by atoms with E-state index < -0.39 is 0 Å². The Hall–Kier alpha value is -6.46. The maximum atomic E-state index is 6.40. The molecule has 0 aliphatic heterocycles. The van der Waals surface area contributed by atoms with Gasteiger partial charge >= 0.3 is 0 Å². The molecule has 9 aromatic rings. The van der Waals surface area contributed by atoms with Crippen LogP contribution in [0, 0.1) is 0 Å². The van der Waals surface area contributed by atoms with Gasteiger partial charge in [-0.3, -0.25) is 4.98 Å². The Balaban J connectivity index is 1.27. The number of furan rings is 1. The summed E-state index contributed by atoms with van der Waals surface area (Å²) >= 11 is 0. The lowest BCUT2D eigenvalue weighted by Crippen LogP contribution is -2.21. The molecule has 230 valence electrons. The quantitative estimate of drug-likeness (QED) is 0.182. The maximum absolute atomic E-state index is 6.40. The Labute approximate surface area is 281 Å². The zero-order chi connectivity index (χ0) is 32.3. The van der Waals surface area contributed by atoms with Crippen molar-refractivity contribution in [3.8, 4) is 22.8 Å². The molecule has 0 atom stereocenters. The molecule has 0 fully saturated rings. The van der Waals surface area contributed by atoms with E-state index in [0.717, 1.165) is 83.5 Å². The molecule has 0 spiro atoms. The largest absolute Gasteiger partial charge is 0.456 e. The molecule has 10 rings (SSSR count). The topological polar surface area (TPSA) is 64.7 Å². The minimum atomic E-state index is 0.618. The average molecular weight is 629 g/mol. The van der Waals surface area contributed by atoms with Crippen molar-refractivity contribution in [3.05, 3.63) is 150 Å². The lowest BCUT2D eigenvalue weighted by atomic mass is 9.94. The number of pyridine rings is 1. The molecule has 0 amide bonds. The van der Waals surface area contributed by atoms with Gasteiger partial charge in [-0.1, -0.05) is 103 Å². The fraction of sp³-hybridized carbons (Fsp3) is 0.0455. The van der Waals surface area contributed by atoms with Crippen LogP contribution in [0.2, 0.25) is 0 Å². The Kier molecular flexibility index (Phi) is 6.24. The molecule has 3 heterocycles. The number of allylic oxidation sites excluding steroid dienone is 2. The van der Waals surface area contributed by atoms with Crippen molar-refractivity contribution in [1.82, 2.24) is 19.9 Å². The first-order valence-electron chi connectivity index (χ1n) is 16.6. The van der Waals surface area contributed by atoms with E-state index in [0.29, 0.717) is 17.5 Å². The molecular weight excluding hydrogens is 601 g/mol. The van der Waals surface area contributed by atoms with Crippen LogP contribution in [0.15, 0.2) is 138 Å². The van der Waals surface area contributed by atoms with E-state index in [1.165, 1.54) is 10.8 Å². The fourth-order valence-corrected chi connectivity index (χ4v) is 7.25. The number of aromatic nitrogens is 4. The zero-order valence-corrected chi connectivity index (χ0v) is 26.5. The smallest absolute Gasteiger partial charge is 0.164 e. The van der Waals surface area contributed by atoms with E-state index in [1.807, 2.05) is 24.5 Å². The van der Waals surface area contributed by atoms with Crippen molar-refractivity contribution in [2.45, 2.75) is 12.8 Å². The molecule has 1 aliphatic rings. The Morgan fingerprint density at radius 3 is 2.18 bits per heavy atom. The van der Waals surface area contributed by atoms with Gasteiger partial charge < -0.3 is 4.42 Å². The van der Waals surface area contributed by atoms with Crippen molar-refractivity contribution in [1.29, 1.82) is 0 Å². The second-order valence-corrected chi connectivity index (χ2v) is 12.6. The second-order valence-electron chi connectivity index (χ2n) is 12.6. The van der Waals surface area contributed by atoms with Gasteiger partial charge in [-0.15, -0.1) is 0 Å². The van der Waals surface area contributed by atoms with Crippen molar-refractivity contribution >= 4 is 71.8 Å². The fourth-order valence-electron chi connectivity index (χ4n) is 7.25. The summed E-state index contributed by atoms with van der Waals surface area (Å²) in [6.45, 7) is 0. The van der Waals surface area contributed by atoms with Gasteiger partial charge in [-0.2, -0.15) is 0 Å². The summed E-state index contributed by atoms with van der Waals surface area (Å²) in [5, 5.41) is 11.4. The Bertz CT molecular complexity index is 2960.